The molecule has 1 aromatic rings. The molecule has 1 rings (SSSR count). The highest BCUT2D eigenvalue weighted by Crippen LogP contribution is 2.09. The van der Waals surface area contributed by atoms with Crippen LogP contribution >= 0.6 is 0 Å². The number of aldehydes is 1. The molecule has 0 saturated heterocycles. The van der Waals surface area contributed by atoms with Crippen LogP contribution in [0.5, 0.6) is 0 Å². The van der Waals surface area contributed by atoms with Crippen molar-refractivity contribution in [3.8, 4) is 11.8 Å². The average molecular weight is 174 g/mol. The van der Waals surface area contributed by atoms with Crippen LogP contribution in [0.3, 0.4) is 0 Å². The lowest BCUT2D eigenvalue weighted by Crippen LogP contribution is -1.87. The number of aryl methyl sites for hydroxylation is 1. The Hall–Kier alpha value is -1.59. The smallest absolute Gasteiger partial charge is 0.193 e. The zero-order valence-corrected chi connectivity index (χ0v) is 7.37. The first-order chi connectivity index (χ1) is 6.27. The molecule has 1 N–H and O–H groups in total. The zero-order valence-electron chi connectivity index (χ0n) is 7.37. The summed E-state index contributed by atoms with van der Waals surface area (Å²) in [7, 11) is 0. The van der Waals surface area contributed by atoms with Crippen LogP contribution in [-0.4, -0.2) is 11.4 Å². The summed E-state index contributed by atoms with van der Waals surface area (Å²) < 4.78 is 0. The van der Waals surface area contributed by atoms with Crippen LogP contribution in [-0.2, 0) is 11.4 Å². The van der Waals surface area contributed by atoms with Gasteiger partial charge in [-0.05, 0) is 30.0 Å². The second kappa shape index (κ2) is 4.44. The Balaban J connectivity index is 3.05. The molecule has 0 atom stereocenters. The van der Waals surface area contributed by atoms with Crippen molar-refractivity contribution in [3.63, 3.8) is 0 Å². The fourth-order valence-electron chi connectivity index (χ4n) is 1.07. The van der Waals surface area contributed by atoms with Crippen molar-refractivity contribution in [1.29, 1.82) is 0 Å². The fourth-order valence-corrected chi connectivity index (χ4v) is 1.07. The van der Waals surface area contributed by atoms with Gasteiger partial charge in [0.05, 0.1) is 6.61 Å². The van der Waals surface area contributed by atoms with Gasteiger partial charge in [-0.3, -0.25) is 4.79 Å². The van der Waals surface area contributed by atoms with Gasteiger partial charge in [-0.2, -0.15) is 0 Å². The highest BCUT2D eigenvalue weighted by atomic mass is 16.3. The van der Waals surface area contributed by atoms with Gasteiger partial charge in [-0.15, -0.1) is 0 Å². The van der Waals surface area contributed by atoms with E-state index in [0.717, 1.165) is 16.7 Å². The van der Waals surface area contributed by atoms with Crippen LogP contribution in [0, 0.1) is 18.8 Å². The lowest BCUT2D eigenvalue weighted by molar-refractivity contribution is -0.103. The maximum absolute atomic E-state index is 10.00. The van der Waals surface area contributed by atoms with Gasteiger partial charge in [0, 0.05) is 5.56 Å². The Labute approximate surface area is 77.2 Å². The average Bonchev–Trinajstić information content (AvgIpc) is 2.16. The summed E-state index contributed by atoms with van der Waals surface area (Å²) in [6.07, 6.45) is 0.569. The molecule has 0 aliphatic carbocycles. The first-order valence-corrected chi connectivity index (χ1v) is 3.93. The van der Waals surface area contributed by atoms with Gasteiger partial charge in [-0.1, -0.05) is 18.1 Å². The molecule has 2 heteroatoms. The molecule has 0 spiro atoms. The molecule has 2 nitrogen and oxygen atoms in total. The van der Waals surface area contributed by atoms with Crippen molar-refractivity contribution < 1.29 is 9.90 Å². The molecule has 0 aromatic heterocycles. The van der Waals surface area contributed by atoms with Gasteiger partial charge in [-0.25, -0.2) is 0 Å². The molecule has 0 amide bonds. The van der Waals surface area contributed by atoms with Crippen molar-refractivity contribution in [2.24, 2.45) is 0 Å². The van der Waals surface area contributed by atoms with E-state index in [2.05, 4.69) is 11.8 Å². The van der Waals surface area contributed by atoms with Gasteiger partial charge < -0.3 is 5.11 Å². The number of rotatable bonds is 1. The largest absolute Gasteiger partial charge is 0.392 e. The minimum atomic E-state index is 0.0300. The summed E-state index contributed by atoms with van der Waals surface area (Å²) >= 11 is 0. The first kappa shape index (κ1) is 9.50. The predicted molar refractivity (Wildman–Crippen MR) is 50.0 cm³/mol. The molecule has 13 heavy (non-hydrogen) atoms. The normalized spacial score (nSPS) is 8.77. The fraction of sp³-hybridized carbons (Fsp3) is 0.182. The van der Waals surface area contributed by atoms with Crippen LogP contribution < -0.4 is 0 Å². The molecule has 0 aliphatic heterocycles. The Bertz CT molecular complexity index is 369. The maximum atomic E-state index is 10.00. The molecule has 0 heterocycles. The molecule has 0 fully saturated rings. The maximum Gasteiger partial charge on any atom is 0.193 e. The number of hydrogen-bond acceptors (Lipinski definition) is 2. The van der Waals surface area contributed by atoms with Crippen LogP contribution in [0.4, 0.5) is 0 Å². The topological polar surface area (TPSA) is 37.3 Å². The van der Waals surface area contributed by atoms with E-state index in [0.29, 0.717) is 6.29 Å². The summed E-state index contributed by atoms with van der Waals surface area (Å²) in [4.78, 5) is 10.00. The number of benzene rings is 1. The Morgan fingerprint density at radius 1 is 1.54 bits per heavy atom. The van der Waals surface area contributed by atoms with Gasteiger partial charge in [0.25, 0.3) is 0 Å². The van der Waals surface area contributed by atoms with E-state index in [-0.39, 0.29) is 6.61 Å². The third-order valence-electron chi connectivity index (χ3n) is 1.74. The Morgan fingerprint density at radius 2 is 2.31 bits per heavy atom. The predicted octanol–water partition coefficient (Wildman–Crippen LogP) is 1.04. The number of aliphatic hydroxyl groups excluding tert-OH is 1. The van der Waals surface area contributed by atoms with E-state index in [1.54, 1.807) is 12.1 Å². The minimum absolute atomic E-state index is 0.0300. The third-order valence-corrected chi connectivity index (χ3v) is 1.74. The van der Waals surface area contributed by atoms with E-state index in [4.69, 9.17) is 5.11 Å². The van der Waals surface area contributed by atoms with Crippen molar-refractivity contribution in [2.45, 2.75) is 13.5 Å². The van der Waals surface area contributed by atoms with E-state index in [9.17, 15) is 4.79 Å². The summed E-state index contributed by atoms with van der Waals surface area (Å²) in [5.41, 5.74) is 2.65. The molecular weight excluding hydrogens is 164 g/mol. The van der Waals surface area contributed by atoms with E-state index < -0.39 is 0 Å². The summed E-state index contributed by atoms with van der Waals surface area (Å²) in [5, 5.41) is 8.84. The van der Waals surface area contributed by atoms with Crippen LogP contribution in [0.25, 0.3) is 0 Å². The molecule has 1 aromatic carbocycles. The van der Waals surface area contributed by atoms with Gasteiger partial charge in [0.15, 0.2) is 6.29 Å². The lowest BCUT2D eigenvalue weighted by Gasteiger charge is -2.00. The molecule has 0 bridgehead atoms. The highest BCUT2D eigenvalue weighted by molar-refractivity contribution is 5.74. The first-order valence-electron chi connectivity index (χ1n) is 3.93. The van der Waals surface area contributed by atoms with Gasteiger partial charge in [0.2, 0.25) is 0 Å². The standard InChI is InChI=1S/C11H10O2/c1-9-7-10(8-13)4-5-11(9)3-2-6-12/h4-7,13H,8H2,1H3. The van der Waals surface area contributed by atoms with Crippen molar-refractivity contribution in [2.75, 3.05) is 0 Å². The highest BCUT2D eigenvalue weighted by Gasteiger charge is 1.95. The van der Waals surface area contributed by atoms with Crippen molar-refractivity contribution >= 4 is 6.29 Å². The molecule has 0 unspecified atom stereocenters. The number of carbonyl (C=O) groups is 1. The van der Waals surface area contributed by atoms with Crippen molar-refractivity contribution in [3.05, 3.63) is 34.9 Å². The number of aliphatic hydroxyl groups is 1. The Morgan fingerprint density at radius 3 is 2.85 bits per heavy atom. The molecular formula is C11H10O2. The lowest BCUT2D eigenvalue weighted by atomic mass is 10.1. The van der Waals surface area contributed by atoms with Crippen LogP contribution in [0.1, 0.15) is 16.7 Å². The monoisotopic (exact) mass is 174 g/mol. The molecule has 0 radical (unpaired) electrons. The SMILES string of the molecule is Cc1cc(CO)ccc1C#CC=O. The summed E-state index contributed by atoms with van der Waals surface area (Å²) in [6.45, 7) is 1.93. The molecule has 66 valence electrons. The summed E-state index contributed by atoms with van der Waals surface area (Å²) in [5.74, 6) is 5.06. The zero-order chi connectivity index (χ0) is 9.68. The number of carbonyl (C=O) groups excluding carboxylic acids is 1. The second-order valence-electron chi connectivity index (χ2n) is 2.69. The van der Waals surface area contributed by atoms with Crippen LogP contribution in [0.2, 0.25) is 0 Å². The quantitative estimate of drug-likeness (QED) is 0.510. The van der Waals surface area contributed by atoms with Gasteiger partial charge >= 0.3 is 0 Å². The van der Waals surface area contributed by atoms with Crippen molar-refractivity contribution in [1.82, 2.24) is 0 Å². The summed E-state index contributed by atoms with van der Waals surface area (Å²) in [6, 6.07) is 5.45. The second-order valence-corrected chi connectivity index (χ2v) is 2.69. The van der Waals surface area contributed by atoms with Gasteiger partial charge in [0.1, 0.15) is 0 Å². The van der Waals surface area contributed by atoms with E-state index >= 15 is 0 Å². The number of hydrogen-bond donors (Lipinski definition) is 1. The molecule has 0 aliphatic rings. The third kappa shape index (κ3) is 2.43. The Kier molecular flexibility index (Phi) is 3.24. The van der Waals surface area contributed by atoms with E-state index in [1.165, 1.54) is 0 Å². The van der Waals surface area contributed by atoms with E-state index in [1.807, 2.05) is 13.0 Å². The minimum Gasteiger partial charge on any atom is -0.392 e. The van der Waals surface area contributed by atoms with Crippen LogP contribution in [0.15, 0.2) is 18.2 Å². The molecule has 0 saturated carbocycles.